The van der Waals surface area contributed by atoms with Gasteiger partial charge in [0.25, 0.3) is 0 Å². The minimum Gasteiger partial charge on any atom is -0.391 e. The quantitative estimate of drug-likeness (QED) is 0.176. The van der Waals surface area contributed by atoms with Gasteiger partial charge in [0.15, 0.2) is 0 Å². The number of nitrogens with one attached hydrogen (secondary N) is 2. The average Bonchev–Trinajstić information content (AvgIpc) is 3.17. The molecule has 1 heterocycles. The Morgan fingerprint density at radius 1 is 1.00 bits per heavy atom. The molecule has 2 N–H and O–H groups in total. The first kappa shape index (κ1) is 49.0. The van der Waals surface area contributed by atoms with Crippen molar-refractivity contribution in [3.8, 4) is 0 Å². The van der Waals surface area contributed by atoms with E-state index in [9.17, 15) is 8.78 Å². The van der Waals surface area contributed by atoms with Crippen molar-refractivity contribution in [1.29, 1.82) is 0 Å². The first-order valence-electron chi connectivity index (χ1n) is 20.2. The van der Waals surface area contributed by atoms with Gasteiger partial charge in [0.1, 0.15) is 0 Å². The Kier molecular flexibility index (Phi) is 24.3. The zero-order valence-corrected chi connectivity index (χ0v) is 35.8. The van der Waals surface area contributed by atoms with Crippen LogP contribution in [-0.2, 0) is 6.42 Å². The summed E-state index contributed by atoms with van der Waals surface area (Å²) in [5.41, 5.74) is 8.08. The normalized spacial score (nSPS) is 17.1. The van der Waals surface area contributed by atoms with Crippen molar-refractivity contribution < 1.29 is 8.78 Å². The first-order chi connectivity index (χ1) is 25.7. The number of hydrogen-bond donors (Lipinski definition) is 2. The van der Waals surface area contributed by atoms with Crippen molar-refractivity contribution in [3.05, 3.63) is 126 Å². The second kappa shape index (κ2) is 26.8. The van der Waals surface area contributed by atoms with Crippen LogP contribution in [0.5, 0.6) is 0 Å². The van der Waals surface area contributed by atoms with E-state index < -0.39 is 11.8 Å². The SMILES string of the molecule is C=CC.C=CC1=CC(=C)c2cc(C)ccc2C1.C=CNCC1(C2CCCCC2)CCN(CCCNC)CC1.CCC(C)C(C)(F)F.Cc1ccc(Cl)cc1. The molecule has 1 saturated carbocycles. The van der Waals surface area contributed by atoms with Gasteiger partial charge in [-0.2, -0.15) is 0 Å². The van der Waals surface area contributed by atoms with E-state index in [1.54, 1.807) is 19.9 Å². The number of fused-ring (bicyclic) bond motifs is 1. The molecule has 6 heteroatoms. The number of rotatable bonds is 11. The maximum atomic E-state index is 12.1. The summed E-state index contributed by atoms with van der Waals surface area (Å²) in [7, 11) is 2.05. The van der Waals surface area contributed by atoms with Crippen molar-refractivity contribution in [2.45, 2.75) is 112 Å². The molecule has 0 aromatic heterocycles. The molecule has 0 bridgehead atoms. The molecule has 1 saturated heterocycles. The molecule has 0 amide bonds. The Hall–Kier alpha value is -2.99. The molecule has 1 aliphatic heterocycles. The molecule has 2 aromatic rings. The fraction of sp³-hybridized carbons (Fsp3) is 0.542. The van der Waals surface area contributed by atoms with Crippen LogP contribution in [0.2, 0.25) is 5.02 Å². The summed E-state index contributed by atoms with van der Waals surface area (Å²) in [5.74, 6) is -2.03. The second-order valence-electron chi connectivity index (χ2n) is 15.3. The molecule has 2 aliphatic carbocycles. The zero-order valence-electron chi connectivity index (χ0n) is 35.0. The maximum Gasteiger partial charge on any atom is 0.247 e. The van der Waals surface area contributed by atoms with Crippen LogP contribution < -0.4 is 10.6 Å². The summed E-state index contributed by atoms with van der Waals surface area (Å²) in [5, 5.41) is 7.52. The van der Waals surface area contributed by atoms with E-state index in [-0.39, 0.29) is 0 Å². The topological polar surface area (TPSA) is 27.3 Å². The number of halogens is 3. The fourth-order valence-electron chi connectivity index (χ4n) is 7.16. The fourth-order valence-corrected chi connectivity index (χ4v) is 7.29. The maximum absolute atomic E-state index is 12.1. The van der Waals surface area contributed by atoms with Crippen LogP contribution in [0.25, 0.3) is 5.57 Å². The van der Waals surface area contributed by atoms with E-state index in [0.717, 1.165) is 42.9 Å². The van der Waals surface area contributed by atoms with Crippen molar-refractivity contribution in [2.75, 3.05) is 39.8 Å². The molecule has 2 fully saturated rings. The van der Waals surface area contributed by atoms with Gasteiger partial charge in [-0.05, 0) is 158 Å². The smallest absolute Gasteiger partial charge is 0.247 e. The van der Waals surface area contributed by atoms with Gasteiger partial charge in [-0.3, -0.25) is 0 Å². The molecular weight excluding hydrogens is 692 g/mol. The Balaban J connectivity index is 0.000000380. The predicted octanol–water partition coefficient (Wildman–Crippen LogP) is 13.2. The highest BCUT2D eigenvalue weighted by Gasteiger charge is 2.41. The van der Waals surface area contributed by atoms with Crippen LogP contribution in [-0.4, -0.2) is 50.6 Å². The number of aryl methyl sites for hydroxylation is 2. The molecule has 54 heavy (non-hydrogen) atoms. The Morgan fingerprint density at radius 3 is 2.07 bits per heavy atom. The second-order valence-corrected chi connectivity index (χ2v) is 15.8. The van der Waals surface area contributed by atoms with E-state index in [1.807, 2.05) is 57.4 Å². The lowest BCUT2D eigenvalue weighted by Crippen LogP contribution is -2.49. The van der Waals surface area contributed by atoms with Crippen LogP contribution in [0, 0.1) is 31.1 Å². The Morgan fingerprint density at radius 2 is 1.59 bits per heavy atom. The van der Waals surface area contributed by atoms with E-state index in [0.29, 0.717) is 11.8 Å². The summed E-state index contributed by atoms with van der Waals surface area (Å²) in [6.45, 7) is 31.5. The molecule has 2 aromatic carbocycles. The van der Waals surface area contributed by atoms with Gasteiger partial charge in [-0.1, -0.05) is 124 Å². The number of piperidine rings is 1. The zero-order chi connectivity index (χ0) is 40.6. The number of likely N-dealkylation sites (tertiary alicyclic amines) is 1. The number of allylic oxidation sites excluding steroid dienone is 5. The van der Waals surface area contributed by atoms with E-state index in [2.05, 4.69) is 73.0 Å². The lowest BCUT2D eigenvalue weighted by Gasteiger charge is -2.48. The largest absolute Gasteiger partial charge is 0.391 e. The minimum absolute atomic E-state index is 0.484. The first-order valence-corrected chi connectivity index (χ1v) is 20.6. The summed E-state index contributed by atoms with van der Waals surface area (Å²) in [6.07, 6.45) is 20.5. The van der Waals surface area contributed by atoms with Crippen molar-refractivity contribution in [2.24, 2.45) is 17.3 Å². The number of hydrogen-bond acceptors (Lipinski definition) is 3. The lowest BCUT2D eigenvalue weighted by atomic mass is 9.63. The summed E-state index contributed by atoms with van der Waals surface area (Å²) < 4.78 is 24.2. The third kappa shape index (κ3) is 18.6. The van der Waals surface area contributed by atoms with Crippen molar-refractivity contribution in [3.63, 3.8) is 0 Å². The number of alkyl halides is 2. The third-order valence-corrected chi connectivity index (χ3v) is 11.2. The number of benzene rings is 2. The molecule has 302 valence electrons. The van der Waals surface area contributed by atoms with Gasteiger partial charge < -0.3 is 15.5 Å². The van der Waals surface area contributed by atoms with E-state index in [1.165, 1.54) is 98.8 Å². The van der Waals surface area contributed by atoms with Crippen molar-refractivity contribution >= 4 is 17.2 Å². The van der Waals surface area contributed by atoms with Gasteiger partial charge in [-0.25, -0.2) is 8.78 Å². The predicted molar refractivity (Wildman–Crippen MR) is 236 cm³/mol. The van der Waals surface area contributed by atoms with Crippen LogP contribution in [0.3, 0.4) is 0 Å². The molecule has 1 unspecified atom stereocenters. The summed E-state index contributed by atoms with van der Waals surface area (Å²) in [6, 6.07) is 14.3. The highest BCUT2D eigenvalue weighted by atomic mass is 35.5. The van der Waals surface area contributed by atoms with Gasteiger partial charge in [0.2, 0.25) is 5.92 Å². The van der Waals surface area contributed by atoms with E-state index in [4.69, 9.17) is 11.6 Å². The standard InChI is InChI=1S/C18H35N3.C14H14.C7H7Cl.C6H12F2.C3H6/c1-3-20-16-18(17-8-5-4-6-9-17)10-14-21(15-11-18)13-7-12-19-2;1-4-12-8-11(3)14-7-10(2)5-6-13(14)9-12;1-6-2-4-7(8)5-3-6;1-4-5(2)6(3,7)8;1-3-2/h3,17,19-20H,1,4-16H2,2H3;4-8H,1,3,9H2,2H3;2-5H,1H3;5H,4H2,1-3H3;3H,1H2,2H3. The molecule has 1 atom stereocenters. The Bertz CT molecular complexity index is 1370. The molecule has 0 spiro atoms. The molecular formula is C48H74ClF2N3. The van der Waals surface area contributed by atoms with Crippen LogP contribution in [0.15, 0.2) is 98.8 Å². The number of nitrogens with zero attached hydrogens (tertiary/aromatic N) is 1. The van der Waals surface area contributed by atoms with E-state index >= 15 is 0 Å². The van der Waals surface area contributed by atoms with Gasteiger partial charge in [0.05, 0.1) is 0 Å². The van der Waals surface area contributed by atoms with Crippen LogP contribution >= 0.6 is 11.6 Å². The summed E-state index contributed by atoms with van der Waals surface area (Å²) in [4.78, 5) is 2.67. The molecule has 3 aliphatic rings. The van der Waals surface area contributed by atoms with Crippen LogP contribution in [0.1, 0.15) is 108 Å². The molecule has 3 nitrogen and oxygen atoms in total. The molecule has 0 radical (unpaired) electrons. The summed E-state index contributed by atoms with van der Waals surface area (Å²) >= 11 is 5.61. The molecule has 5 rings (SSSR count). The van der Waals surface area contributed by atoms with Crippen LogP contribution in [0.4, 0.5) is 8.78 Å². The average molecular weight is 767 g/mol. The monoisotopic (exact) mass is 766 g/mol. The van der Waals surface area contributed by atoms with Gasteiger partial charge in [-0.15, -0.1) is 6.58 Å². The van der Waals surface area contributed by atoms with Gasteiger partial charge in [0, 0.05) is 17.5 Å². The van der Waals surface area contributed by atoms with Crippen molar-refractivity contribution in [1.82, 2.24) is 15.5 Å². The van der Waals surface area contributed by atoms with Gasteiger partial charge >= 0.3 is 0 Å². The Labute approximate surface area is 335 Å². The lowest BCUT2D eigenvalue weighted by molar-refractivity contribution is -0.0335. The highest BCUT2D eigenvalue weighted by molar-refractivity contribution is 6.30. The highest BCUT2D eigenvalue weighted by Crippen LogP contribution is 2.45. The third-order valence-electron chi connectivity index (χ3n) is 10.9. The minimum atomic E-state index is -2.49.